The molecule has 1 atom stereocenters. The SMILES string of the molecule is O=C1N/C(=N/N=C/c2cccc([N+](=O)[O-])c2)SC1c1ccccc1. The number of amides is 1. The molecule has 0 aromatic heterocycles. The molecular weight excluding hydrogens is 328 g/mol. The minimum absolute atomic E-state index is 0.0145. The monoisotopic (exact) mass is 340 g/mol. The van der Waals surface area contributed by atoms with E-state index in [4.69, 9.17) is 0 Å². The lowest BCUT2D eigenvalue weighted by Gasteiger charge is -2.03. The highest BCUT2D eigenvalue weighted by atomic mass is 32.2. The summed E-state index contributed by atoms with van der Waals surface area (Å²) in [6.45, 7) is 0. The summed E-state index contributed by atoms with van der Waals surface area (Å²) in [5.74, 6) is -0.143. The van der Waals surface area contributed by atoms with Gasteiger partial charge in [-0.05, 0) is 5.56 Å². The summed E-state index contributed by atoms with van der Waals surface area (Å²) < 4.78 is 0. The summed E-state index contributed by atoms with van der Waals surface area (Å²) in [5, 5.41) is 21.3. The van der Waals surface area contributed by atoms with Crippen LogP contribution in [0.25, 0.3) is 0 Å². The van der Waals surface area contributed by atoms with Gasteiger partial charge in [0.05, 0.1) is 11.1 Å². The van der Waals surface area contributed by atoms with Crippen molar-refractivity contribution in [1.29, 1.82) is 0 Å². The van der Waals surface area contributed by atoms with Crippen LogP contribution in [-0.2, 0) is 4.79 Å². The van der Waals surface area contributed by atoms with Gasteiger partial charge < -0.3 is 5.32 Å². The molecule has 7 nitrogen and oxygen atoms in total. The molecule has 1 fully saturated rings. The minimum atomic E-state index is -0.471. The number of nitrogens with zero attached hydrogens (tertiary/aromatic N) is 3. The van der Waals surface area contributed by atoms with E-state index in [9.17, 15) is 14.9 Å². The van der Waals surface area contributed by atoms with Crippen molar-refractivity contribution in [2.45, 2.75) is 5.25 Å². The molecule has 3 rings (SSSR count). The molecule has 1 N–H and O–H groups in total. The Morgan fingerprint density at radius 1 is 1.17 bits per heavy atom. The maximum absolute atomic E-state index is 12.0. The fraction of sp³-hybridized carbons (Fsp3) is 0.0625. The largest absolute Gasteiger partial charge is 0.302 e. The second-order valence-electron chi connectivity index (χ2n) is 4.90. The molecule has 0 aliphatic carbocycles. The summed E-state index contributed by atoms with van der Waals surface area (Å²) in [4.78, 5) is 22.3. The second kappa shape index (κ2) is 7.05. The predicted octanol–water partition coefficient (Wildman–Crippen LogP) is 2.89. The molecule has 120 valence electrons. The van der Waals surface area contributed by atoms with Gasteiger partial charge >= 0.3 is 0 Å². The number of carbonyl (C=O) groups excluding carboxylic acids is 1. The lowest BCUT2D eigenvalue weighted by atomic mass is 10.1. The van der Waals surface area contributed by atoms with Crippen molar-refractivity contribution in [2.24, 2.45) is 10.2 Å². The van der Waals surface area contributed by atoms with E-state index in [2.05, 4.69) is 15.5 Å². The first kappa shape index (κ1) is 15.9. The molecule has 0 radical (unpaired) electrons. The minimum Gasteiger partial charge on any atom is -0.302 e. The highest BCUT2D eigenvalue weighted by molar-refractivity contribution is 8.15. The van der Waals surface area contributed by atoms with E-state index in [0.717, 1.165) is 5.56 Å². The molecule has 8 heteroatoms. The fourth-order valence-corrected chi connectivity index (χ4v) is 3.06. The Hall–Kier alpha value is -3.00. The van der Waals surface area contributed by atoms with Gasteiger partial charge in [0.15, 0.2) is 5.17 Å². The zero-order valence-electron chi connectivity index (χ0n) is 12.3. The van der Waals surface area contributed by atoms with Crippen molar-refractivity contribution < 1.29 is 9.72 Å². The van der Waals surface area contributed by atoms with Gasteiger partial charge in [0.1, 0.15) is 5.25 Å². The summed E-state index contributed by atoms with van der Waals surface area (Å²) in [7, 11) is 0. The van der Waals surface area contributed by atoms with Crippen molar-refractivity contribution >= 4 is 34.7 Å². The zero-order valence-corrected chi connectivity index (χ0v) is 13.1. The van der Waals surface area contributed by atoms with Crippen LogP contribution in [0.2, 0.25) is 0 Å². The average Bonchev–Trinajstić information content (AvgIpc) is 2.96. The van der Waals surface area contributed by atoms with Crippen molar-refractivity contribution in [3.63, 3.8) is 0 Å². The molecule has 24 heavy (non-hydrogen) atoms. The standard InChI is InChI=1S/C16H12N4O3S/c21-15-14(12-6-2-1-3-7-12)24-16(18-15)19-17-10-11-5-4-8-13(9-11)20(22)23/h1-10,14H,(H,18,19,21)/b17-10+. The number of thioether (sulfide) groups is 1. The third-order valence-corrected chi connectivity index (χ3v) is 4.37. The van der Waals surface area contributed by atoms with Crippen LogP contribution in [0.15, 0.2) is 64.8 Å². The van der Waals surface area contributed by atoms with Crippen LogP contribution in [0.5, 0.6) is 0 Å². The highest BCUT2D eigenvalue weighted by Crippen LogP contribution is 2.34. The molecule has 0 saturated carbocycles. The molecule has 2 aromatic carbocycles. The van der Waals surface area contributed by atoms with E-state index in [1.165, 1.54) is 30.1 Å². The molecular formula is C16H12N4O3S. The van der Waals surface area contributed by atoms with E-state index < -0.39 is 4.92 Å². The number of non-ortho nitro benzene ring substituents is 1. The molecule has 1 amide bonds. The fourth-order valence-electron chi connectivity index (χ4n) is 2.13. The Balaban J connectivity index is 1.71. The maximum Gasteiger partial charge on any atom is 0.270 e. The van der Waals surface area contributed by atoms with Crippen LogP contribution in [0.1, 0.15) is 16.4 Å². The molecule has 1 saturated heterocycles. The van der Waals surface area contributed by atoms with Gasteiger partial charge in [-0.1, -0.05) is 54.2 Å². The third-order valence-electron chi connectivity index (χ3n) is 3.24. The van der Waals surface area contributed by atoms with E-state index >= 15 is 0 Å². The quantitative estimate of drug-likeness (QED) is 0.526. The first-order valence-electron chi connectivity index (χ1n) is 7.01. The molecule has 2 aromatic rings. The van der Waals surface area contributed by atoms with Gasteiger partial charge in [-0.3, -0.25) is 14.9 Å². The summed E-state index contributed by atoms with van der Waals surface area (Å²) >= 11 is 1.28. The molecule has 1 unspecified atom stereocenters. The summed E-state index contributed by atoms with van der Waals surface area (Å²) in [6, 6.07) is 15.5. The van der Waals surface area contributed by atoms with E-state index in [1.54, 1.807) is 12.1 Å². The topological polar surface area (TPSA) is 97.0 Å². The van der Waals surface area contributed by atoms with Crippen LogP contribution < -0.4 is 5.32 Å². The Morgan fingerprint density at radius 2 is 1.96 bits per heavy atom. The van der Waals surface area contributed by atoms with Crippen molar-refractivity contribution in [3.8, 4) is 0 Å². The molecule has 1 aliphatic heterocycles. The average molecular weight is 340 g/mol. The summed E-state index contributed by atoms with van der Waals surface area (Å²) in [6.07, 6.45) is 1.41. The highest BCUT2D eigenvalue weighted by Gasteiger charge is 2.31. The third kappa shape index (κ3) is 3.66. The van der Waals surface area contributed by atoms with Crippen LogP contribution in [0, 0.1) is 10.1 Å². The first-order valence-corrected chi connectivity index (χ1v) is 7.89. The number of benzene rings is 2. The number of hydrogen-bond acceptors (Lipinski definition) is 6. The lowest BCUT2D eigenvalue weighted by molar-refractivity contribution is -0.384. The molecule has 0 bridgehead atoms. The maximum atomic E-state index is 12.0. The van der Waals surface area contributed by atoms with Crippen LogP contribution in [0.4, 0.5) is 5.69 Å². The van der Waals surface area contributed by atoms with Gasteiger partial charge in [0, 0.05) is 17.7 Å². The van der Waals surface area contributed by atoms with E-state index in [1.807, 2.05) is 30.3 Å². The van der Waals surface area contributed by atoms with E-state index in [-0.39, 0.29) is 16.8 Å². The Kier molecular flexibility index (Phi) is 4.66. The molecule has 1 aliphatic rings. The predicted molar refractivity (Wildman–Crippen MR) is 93.0 cm³/mol. The van der Waals surface area contributed by atoms with E-state index in [0.29, 0.717) is 10.7 Å². The van der Waals surface area contributed by atoms with Crippen LogP contribution in [0.3, 0.4) is 0 Å². The first-order chi connectivity index (χ1) is 11.6. The molecule has 0 spiro atoms. The number of amidine groups is 1. The number of nitro benzene ring substituents is 1. The number of carbonyl (C=O) groups is 1. The number of hydrogen-bond donors (Lipinski definition) is 1. The van der Waals surface area contributed by atoms with Gasteiger partial charge in [-0.25, -0.2) is 0 Å². The Bertz CT molecular complexity index is 836. The van der Waals surface area contributed by atoms with Crippen molar-refractivity contribution in [2.75, 3.05) is 0 Å². The van der Waals surface area contributed by atoms with Gasteiger partial charge in [0.25, 0.3) is 5.69 Å². The van der Waals surface area contributed by atoms with Crippen molar-refractivity contribution in [1.82, 2.24) is 5.32 Å². The molecule has 1 heterocycles. The lowest BCUT2D eigenvalue weighted by Crippen LogP contribution is -2.21. The van der Waals surface area contributed by atoms with Crippen molar-refractivity contribution in [3.05, 3.63) is 75.8 Å². The van der Waals surface area contributed by atoms with Gasteiger partial charge in [-0.15, -0.1) is 5.10 Å². The second-order valence-corrected chi connectivity index (χ2v) is 5.99. The van der Waals surface area contributed by atoms with Crippen LogP contribution in [-0.4, -0.2) is 22.2 Å². The number of rotatable bonds is 4. The Labute approximate surface area is 141 Å². The van der Waals surface area contributed by atoms with Gasteiger partial charge in [0.2, 0.25) is 5.91 Å². The van der Waals surface area contributed by atoms with Crippen LogP contribution >= 0.6 is 11.8 Å². The normalized spacial score (nSPS) is 18.9. The number of nitrogens with one attached hydrogen (secondary N) is 1. The smallest absolute Gasteiger partial charge is 0.270 e. The van der Waals surface area contributed by atoms with Gasteiger partial charge in [-0.2, -0.15) is 5.10 Å². The Morgan fingerprint density at radius 3 is 2.71 bits per heavy atom. The number of nitro groups is 1. The summed E-state index contributed by atoms with van der Waals surface area (Å²) in [5.41, 5.74) is 1.44. The zero-order chi connectivity index (χ0) is 16.9.